The minimum Gasteiger partial charge on any atom is -0.459 e. The molecule has 3 aliphatic rings. The number of fused-ring (bicyclic) bond motifs is 1. The fourth-order valence-corrected chi connectivity index (χ4v) is 6.75. The lowest BCUT2D eigenvalue weighted by atomic mass is 9.97. The van der Waals surface area contributed by atoms with Crippen molar-refractivity contribution in [2.75, 3.05) is 20.3 Å². The highest BCUT2D eigenvalue weighted by Crippen LogP contribution is 2.34. The van der Waals surface area contributed by atoms with Crippen molar-refractivity contribution in [3.05, 3.63) is 144 Å². The van der Waals surface area contributed by atoms with Crippen LogP contribution < -0.4 is 0 Å². The average molecular weight is 741 g/mol. The lowest BCUT2D eigenvalue weighted by Crippen LogP contribution is -2.62. The average Bonchev–Trinajstić information content (AvgIpc) is 3.61. The molecule has 0 aliphatic carbocycles. The van der Waals surface area contributed by atoms with E-state index in [1.807, 2.05) is 91.0 Å². The molecule has 0 unspecified atom stereocenters. The van der Waals surface area contributed by atoms with Crippen LogP contribution in [-0.2, 0) is 67.2 Å². The number of hydrogen-bond donors (Lipinski definition) is 0. The number of carbonyl (C=O) groups excluding carboxylic acids is 2. The van der Waals surface area contributed by atoms with Crippen molar-refractivity contribution in [1.82, 2.24) is 0 Å². The molecule has 9 atom stereocenters. The maximum absolute atomic E-state index is 12.7. The second kappa shape index (κ2) is 18.6. The van der Waals surface area contributed by atoms with Crippen LogP contribution >= 0.6 is 0 Å². The van der Waals surface area contributed by atoms with Crippen LogP contribution in [0.25, 0.3) is 0 Å². The minimum atomic E-state index is -0.865. The first-order valence-electron chi connectivity index (χ1n) is 18.1. The van der Waals surface area contributed by atoms with E-state index in [1.54, 1.807) is 37.4 Å². The maximum atomic E-state index is 12.7. The largest absolute Gasteiger partial charge is 0.509 e. The number of esters is 1. The molecule has 7 rings (SSSR count). The Morgan fingerprint density at radius 3 is 1.72 bits per heavy atom. The number of benzene rings is 4. The first-order chi connectivity index (χ1) is 26.5. The summed E-state index contributed by atoms with van der Waals surface area (Å²) in [5, 5.41) is 0. The van der Waals surface area contributed by atoms with E-state index in [1.165, 1.54) is 0 Å². The Bertz CT molecular complexity index is 1740. The van der Waals surface area contributed by atoms with Gasteiger partial charge in [0.2, 0.25) is 0 Å². The Labute approximate surface area is 314 Å². The molecule has 4 aromatic carbocycles. The van der Waals surface area contributed by atoms with E-state index in [9.17, 15) is 9.59 Å². The van der Waals surface area contributed by atoms with Gasteiger partial charge in [-0.1, -0.05) is 109 Å². The van der Waals surface area contributed by atoms with Gasteiger partial charge in [-0.15, -0.1) is 0 Å². The van der Waals surface area contributed by atoms with Crippen LogP contribution in [0.3, 0.4) is 0 Å². The number of ether oxygens (including phenoxy) is 10. The molecule has 12 nitrogen and oxygen atoms in total. The van der Waals surface area contributed by atoms with Crippen molar-refractivity contribution in [2.24, 2.45) is 0 Å². The van der Waals surface area contributed by atoms with Crippen molar-refractivity contribution in [3.8, 4) is 0 Å². The van der Waals surface area contributed by atoms with Crippen molar-refractivity contribution >= 4 is 12.1 Å². The van der Waals surface area contributed by atoms with Crippen LogP contribution in [-0.4, -0.2) is 87.8 Å². The zero-order valence-corrected chi connectivity index (χ0v) is 29.9. The van der Waals surface area contributed by atoms with Crippen molar-refractivity contribution in [3.63, 3.8) is 0 Å². The standard InChI is InChI=1S/C42H44O12/c1-45-41-39(49-25-30-18-10-4-11-19-30)38(48-24-29-16-8-3-9-17-29)37(47-23-28-14-6-2-7-15-28)34(52-41)26-46-35-22-32-36(54-42(44)53-32)33(51-35)27-50-40(43)31-20-12-5-13-21-31/h2-21,32-39,41H,22-27H2,1H3/t32-,33-,34-,35+,36-,37-,38+,39-,41+/m1/s1. The number of methoxy groups -OCH3 is 1. The van der Waals surface area contributed by atoms with Crippen LogP contribution in [0.2, 0.25) is 0 Å². The van der Waals surface area contributed by atoms with Gasteiger partial charge in [0.05, 0.1) is 32.0 Å². The van der Waals surface area contributed by atoms with Gasteiger partial charge in [0, 0.05) is 13.5 Å². The molecular weight excluding hydrogens is 696 g/mol. The second-order valence-corrected chi connectivity index (χ2v) is 13.2. The molecule has 3 heterocycles. The fourth-order valence-electron chi connectivity index (χ4n) is 6.75. The van der Waals surface area contributed by atoms with Gasteiger partial charge >= 0.3 is 12.1 Å². The summed E-state index contributed by atoms with van der Waals surface area (Å²) >= 11 is 0. The predicted octanol–water partition coefficient (Wildman–Crippen LogP) is 6.01. The monoisotopic (exact) mass is 740 g/mol. The molecule has 3 fully saturated rings. The van der Waals surface area contributed by atoms with Gasteiger partial charge in [-0.2, -0.15) is 0 Å². The molecule has 54 heavy (non-hydrogen) atoms. The van der Waals surface area contributed by atoms with E-state index in [2.05, 4.69) is 0 Å². The van der Waals surface area contributed by atoms with Gasteiger partial charge in [-0.05, 0) is 28.8 Å². The molecule has 3 aliphatic heterocycles. The third kappa shape index (κ3) is 9.71. The molecule has 0 aromatic heterocycles. The van der Waals surface area contributed by atoms with Crippen LogP contribution in [0.15, 0.2) is 121 Å². The summed E-state index contributed by atoms with van der Waals surface area (Å²) in [4.78, 5) is 24.9. The molecule has 0 N–H and O–H groups in total. The summed E-state index contributed by atoms with van der Waals surface area (Å²) in [5.74, 6) is -0.533. The zero-order chi connectivity index (χ0) is 37.1. The van der Waals surface area contributed by atoms with Crippen LogP contribution in [0.5, 0.6) is 0 Å². The highest BCUT2D eigenvalue weighted by Gasteiger charge is 2.51. The van der Waals surface area contributed by atoms with Crippen molar-refractivity contribution in [2.45, 2.75) is 81.5 Å². The molecule has 4 aromatic rings. The topological polar surface area (TPSA) is 126 Å². The van der Waals surface area contributed by atoms with Crippen LogP contribution in [0.4, 0.5) is 4.79 Å². The summed E-state index contributed by atoms with van der Waals surface area (Å²) in [5.41, 5.74) is 3.31. The van der Waals surface area contributed by atoms with Gasteiger partial charge < -0.3 is 47.4 Å². The third-order valence-corrected chi connectivity index (χ3v) is 9.48. The number of carbonyl (C=O) groups is 2. The lowest BCUT2D eigenvalue weighted by Gasteiger charge is -2.46. The highest BCUT2D eigenvalue weighted by molar-refractivity contribution is 5.89. The minimum absolute atomic E-state index is 0.0106. The summed E-state index contributed by atoms with van der Waals surface area (Å²) in [6, 6.07) is 38.1. The van der Waals surface area contributed by atoms with Crippen LogP contribution in [0.1, 0.15) is 33.5 Å². The molecule has 284 valence electrons. The summed E-state index contributed by atoms with van der Waals surface area (Å²) in [7, 11) is 1.56. The Kier molecular flexibility index (Phi) is 13.0. The Hall–Kier alpha value is -4.66. The highest BCUT2D eigenvalue weighted by atomic mass is 16.8. The molecule has 3 saturated heterocycles. The van der Waals surface area contributed by atoms with Crippen molar-refractivity contribution < 1.29 is 57.0 Å². The van der Waals surface area contributed by atoms with E-state index in [0.717, 1.165) is 16.7 Å². The molecule has 0 radical (unpaired) electrons. The van der Waals surface area contributed by atoms with E-state index < -0.39 is 67.4 Å². The summed E-state index contributed by atoms with van der Waals surface area (Å²) in [6.45, 7) is 0.655. The number of hydrogen-bond acceptors (Lipinski definition) is 12. The second-order valence-electron chi connectivity index (χ2n) is 13.2. The van der Waals surface area contributed by atoms with Gasteiger partial charge in [-0.25, -0.2) is 9.59 Å². The molecule has 0 amide bonds. The molecule has 0 spiro atoms. The fraction of sp³-hybridized carbons (Fsp3) is 0.381. The first kappa shape index (κ1) is 37.6. The molecule has 0 saturated carbocycles. The van der Waals surface area contributed by atoms with E-state index >= 15 is 0 Å². The molecular formula is C42H44O12. The Morgan fingerprint density at radius 1 is 0.611 bits per heavy atom. The van der Waals surface area contributed by atoms with Gasteiger partial charge in [0.25, 0.3) is 0 Å². The Morgan fingerprint density at radius 2 is 1.15 bits per heavy atom. The van der Waals surface area contributed by atoms with E-state index in [0.29, 0.717) is 12.2 Å². The quantitative estimate of drug-likeness (QED) is 0.125. The van der Waals surface area contributed by atoms with Gasteiger partial charge in [0.15, 0.2) is 18.7 Å². The maximum Gasteiger partial charge on any atom is 0.509 e. The normalized spacial score (nSPS) is 27.7. The number of rotatable bonds is 16. The third-order valence-electron chi connectivity index (χ3n) is 9.48. The molecule has 0 bridgehead atoms. The van der Waals surface area contributed by atoms with Gasteiger partial charge in [-0.3, -0.25) is 0 Å². The van der Waals surface area contributed by atoms with E-state index in [4.69, 9.17) is 47.4 Å². The molecule has 12 heteroatoms. The first-order valence-corrected chi connectivity index (χ1v) is 18.1. The zero-order valence-electron chi connectivity index (χ0n) is 29.9. The Balaban J connectivity index is 1.10. The SMILES string of the molecule is CO[C@H]1O[C@H](CO[C@@H]2C[C@H]3OC(=O)O[C@H]3[C@@H](COC(=O)c3ccccc3)O2)[C@@H](OCc2ccccc2)[C@H](OCc2ccccc2)[C@H]1OCc1ccccc1. The lowest BCUT2D eigenvalue weighted by molar-refractivity contribution is -0.331. The van der Waals surface area contributed by atoms with Gasteiger partial charge in [0.1, 0.15) is 43.2 Å². The van der Waals surface area contributed by atoms with Crippen molar-refractivity contribution in [1.29, 1.82) is 0 Å². The van der Waals surface area contributed by atoms with E-state index in [-0.39, 0.29) is 32.8 Å². The smallest absolute Gasteiger partial charge is 0.459 e. The predicted molar refractivity (Wildman–Crippen MR) is 192 cm³/mol. The van der Waals surface area contributed by atoms with Crippen LogP contribution in [0, 0.1) is 0 Å². The summed E-state index contributed by atoms with van der Waals surface area (Å²) < 4.78 is 61.3. The summed E-state index contributed by atoms with van der Waals surface area (Å²) in [6.07, 6.45) is -7.35.